The summed E-state index contributed by atoms with van der Waals surface area (Å²) in [5.41, 5.74) is 1.12. The molecule has 1 amide bonds. The van der Waals surface area contributed by atoms with Gasteiger partial charge in [0.25, 0.3) is 5.91 Å². The minimum absolute atomic E-state index is 0.236. The zero-order chi connectivity index (χ0) is 14.5. The topological polar surface area (TPSA) is 42.0 Å². The Morgan fingerprint density at radius 3 is 2.75 bits per heavy atom. The number of aromatic nitrogens is 1. The number of nitrogens with one attached hydrogen (secondary N) is 1. The van der Waals surface area contributed by atoms with E-state index < -0.39 is 5.95 Å². The first-order valence-corrected chi connectivity index (χ1v) is 6.65. The largest absolute Gasteiger partial charge is 0.352 e. The van der Waals surface area contributed by atoms with E-state index in [2.05, 4.69) is 10.3 Å². The number of hydrogen-bond donors (Lipinski definition) is 1. The molecule has 20 heavy (non-hydrogen) atoms. The average Bonchev–Trinajstić information content (AvgIpc) is 2.41. The van der Waals surface area contributed by atoms with E-state index in [9.17, 15) is 9.18 Å². The summed E-state index contributed by atoms with van der Waals surface area (Å²) in [5.74, 6) is -1.03. The number of benzene rings is 1. The molecule has 0 saturated heterocycles. The van der Waals surface area contributed by atoms with Crippen LogP contribution in [0, 0.1) is 5.95 Å². The highest BCUT2D eigenvalue weighted by Crippen LogP contribution is 2.21. The van der Waals surface area contributed by atoms with Gasteiger partial charge in [-0.15, -0.1) is 0 Å². The highest BCUT2D eigenvalue weighted by Gasteiger charge is 2.07. The molecule has 3 nitrogen and oxygen atoms in total. The predicted molar refractivity (Wildman–Crippen MR) is 76.7 cm³/mol. The van der Waals surface area contributed by atoms with Crippen LogP contribution in [0.4, 0.5) is 4.39 Å². The van der Waals surface area contributed by atoms with Crippen molar-refractivity contribution in [2.45, 2.75) is 6.42 Å². The minimum Gasteiger partial charge on any atom is -0.352 e. The standard InChI is InChI=1S/C14H11Cl2FN2O/c15-11-2-1-9(12(16)8-11)3-6-19-14(20)10-4-5-18-13(17)7-10/h1-2,4-5,7-8H,3,6H2,(H,19,20). The van der Waals surface area contributed by atoms with Crippen molar-refractivity contribution in [3.05, 3.63) is 63.6 Å². The van der Waals surface area contributed by atoms with E-state index in [4.69, 9.17) is 23.2 Å². The Labute approximate surface area is 125 Å². The van der Waals surface area contributed by atoms with Gasteiger partial charge in [0.05, 0.1) is 0 Å². The van der Waals surface area contributed by atoms with Crippen molar-refractivity contribution in [2.75, 3.05) is 6.54 Å². The van der Waals surface area contributed by atoms with Crippen molar-refractivity contribution in [3.63, 3.8) is 0 Å². The first-order valence-electron chi connectivity index (χ1n) is 5.90. The molecular weight excluding hydrogens is 302 g/mol. The SMILES string of the molecule is O=C(NCCc1ccc(Cl)cc1Cl)c1ccnc(F)c1. The number of amides is 1. The maximum atomic E-state index is 12.9. The van der Waals surface area contributed by atoms with Crippen molar-refractivity contribution < 1.29 is 9.18 Å². The van der Waals surface area contributed by atoms with Gasteiger partial charge in [-0.2, -0.15) is 4.39 Å². The molecule has 0 fully saturated rings. The Balaban J connectivity index is 1.91. The van der Waals surface area contributed by atoms with Gasteiger partial charge in [0, 0.05) is 34.4 Å². The highest BCUT2D eigenvalue weighted by atomic mass is 35.5. The van der Waals surface area contributed by atoms with Crippen molar-refractivity contribution in [3.8, 4) is 0 Å². The van der Waals surface area contributed by atoms with Crippen LogP contribution in [0.5, 0.6) is 0 Å². The zero-order valence-electron chi connectivity index (χ0n) is 10.4. The summed E-state index contributed by atoms with van der Waals surface area (Å²) in [7, 11) is 0. The van der Waals surface area contributed by atoms with Crippen molar-refractivity contribution >= 4 is 29.1 Å². The van der Waals surface area contributed by atoms with Crippen molar-refractivity contribution in [1.29, 1.82) is 0 Å². The number of halogens is 3. The molecule has 1 aromatic carbocycles. The maximum absolute atomic E-state index is 12.9. The van der Waals surface area contributed by atoms with E-state index >= 15 is 0 Å². The summed E-state index contributed by atoms with van der Waals surface area (Å²) in [6.45, 7) is 0.393. The van der Waals surface area contributed by atoms with Gasteiger partial charge in [0.15, 0.2) is 0 Å². The van der Waals surface area contributed by atoms with Crippen LogP contribution < -0.4 is 5.32 Å². The quantitative estimate of drug-likeness (QED) is 0.878. The number of pyridine rings is 1. The lowest BCUT2D eigenvalue weighted by Crippen LogP contribution is -2.25. The van der Waals surface area contributed by atoms with Crippen LogP contribution in [0.2, 0.25) is 10.0 Å². The molecule has 0 unspecified atom stereocenters. The lowest BCUT2D eigenvalue weighted by Gasteiger charge is -2.07. The third kappa shape index (κ3) is 3.92. The highest BCUT2D eigenvalue weighted by molar-refractivity contribution is 6.35. The van der Waals surface area contributed by atoms with Gasteiger partial charge in [-0.25, -0.2) is 4.98 Å². The minimum atomic E-state index is -0.682. The second-order valence-corrected chi connectivity index (χ2v) is 4.95. The van der Waals surface area contributed by atoms with E-state index in [0.717, 1.165) is 11.6 Å². The summed E-state index contributed by atoms with van der Waals surface area (Å²) >= 11 is 11.8. The average molecular weight is 313 g/mol. The Kier molecular flexibility index (Phi) is 4.93. The van der Waals surface area contributed by atoms with Gasteiger partial charge in [-0.3, -0.25) is 4.79 Å². The number of nitrogens with zero attached hydrogens (tertiary/aromatic N) is 1. The van der Waals surface area contributed by atoms with Gasteiger partial charge < -0.3 is 5.32 Å². The molecule has 1 N–H and O–H groups in total. The molecule has 104 valence electrons. The first-order chi connectivity index (χ1) is 9.56. The van der Waals surface area contributed by atoms with Crippen LogP contribution >= 0.6 is 23.2 Å². The third-order valence-electron chi connectivity index (χ3n) is 2.68. The number of hydrogen-bond acceptors (Lipinski definition) is 2. The van der Waals surface area contributed by atoms with Crippen LogP contribution in [0.1, 0.15) is 15.9 Å². The number of rotatable bonds is 4. The molecule has 0 aliphatic heterocycles. The Morgan fingerprint density at radius 2 is 2.05 bits per heavy atom. The Bertz CT molecular complexity index is 634. The summed E-state index contributed by atoms with van der Waals surface area (Å²) in [6.07, 6.45) is 1.82. The van der Waals surface area contributed by atoms with E-state index in [1.54, 1.807) is 12.1 Å². The lowest BCUT2D eigenvalue weighted by molar-refractivity contribution is 0.0953. The molecule has 0 saturated carbocycles. The summed E-state index contributed by atoms with van der Waals surface area (Å²) < 4.78 is 12.9. The molecule has 0 aliphatic rings. The molecule has 0 atom stereocenters. The van der Waals surface area contributed by atoms with Crippen LogP contribution in [0.25, 0.3) is 0 Å². The summed E-state index contributed by atoms with van der Waals surface area (Å²) in [5, 5.41) is 3.81. The molecule has 2 aromatic rings. The molecule has 0 aliphatic carbocycles. The second-order valence-electron chi connectivity index (χ2n) is 4.11. The normalized spacial score (nSPS) is 10.3. The molecule has 1 aromatic heterocycles. The molecule has 0 radical (unpaired) electrons. The lowest BCUT2D eigenvalue weighted by atomic mass is 10.1. The van der Waals surface area contributed by atoms with Crippen molar-refractivity contribution in [1.82, 2.24) is 10.3 Å². The summed E-state index contributed by atoms with van der Waals surface area (Å²) in [4.78, 5) is 15.2. The van der Waals surface area contributed by atoms with Gasteiger partial charge >= 0.3 is 0 Å². The van der Waals surface area contributed by atoms with Gasteiger partial charge in [-0.05, 0) is 30.2 Å². The molecular formula is C14H11Cl2FN2O. The third-order valence-corrected chi connectivity index (χ3v) is 3.27. The van der Waals surface area contributed by atoms with Crippen LogP contribution in [0.3, 0.4) is 0 Å². The van der Waals surface area contributed by atoms with E-state index in [1.165, 1.54) is 12.3 Å². The maximum Gasteiger partial charge on any atom is 0.251 e. The van der Waals surface area contributed by atoms with Crippen LogP contribution in [-0.2, 0) is 6.42 Å². The van der Waals surface area contributed by atoms with E-state index in [0.29, 0.717) is 23.0 Å². The fourth-order valence-corrected chi connectivity index (χ4v) is 2.18. The Hall–Kier alpha value is -1.65. The Morgan fingerprint density at radius 1 is 1.25 bits per heavy atom. The second kappa shape index (κ2) is 6.68. The van der Waals surface area contributed by atoms with Crippen molar-refractivity contribution in [2.24, 2.45) is 0 Å². The van der Waals surface area contributed by atoms with Crippen LogP contribution in [-0.4, -0.2) is 17.4 Å². The fourth-order valence-electron chi connectivity index (χ4n) is 1.68. The first kappa shape index (κ1) is 14.8. The van der Waals surface area contributed by atoms with Crippen LogP contribution in [0.15, 0.2) is 36.5 Å². The summed E-state index contributed by atoms with van der Waals surface area (Å²) in [6, 6.07) is 7.74. The molecule has 1 heterocycles. The number of carbonyl (C=O) groups excluding carboxylic acids is 1. The van der Waals surface area contributed by atoms with Gasteiger partial charge in [0.1, 0.15) is 0 Å². The zero-order valence-corrected chi connectivity index (χ0v) is 11.9. The van der Waals surface area contributed by atoms with E-state index in [1.807, 2.05) is 6.07 Å². The van der Waals surface area contributed by atoms with Gasteiger partial charge in [-0.1, -0.05) is 29.3 Å². The predicted octanol–water partition coefficient (Wildman–Crippen LogP) is 3.50. The van der Waals surface area contributed by atoms with Gasteiger partial charge in [0.2, 0.25) is 5.95 Å². The number of carbonyl (C=O) groups is 1. The van der Waals surface area contributed by atoms with E-state index in [-0.39, 0.29) is 11.5 Å². The molecule has 2 rings (SSSR count). The molecule has 0 spiro atoms. The molecule has 0 bridgehead atoms. The monoisotopic (exact) mass is 312 g/mol. The fraction of sp³-hybridized carbons (Fsp3) is 0.143. The molecule has 6 heteroatoms. The smallest absolute Gasteiger partial charge is 0.251 e.